The molecule has 0 saturated carbocycles. The Morgan fingerprint density at radius 2 is 0.909 bits per heavy atom. The summed E-state index contributed by atoms with van der Waals surface area (Å²) < 4.78 is 10.5. The number of rotatable bonds is 17. The maximum atomic E-state index is 12.8. The van der Waals surface area contributed by atoms with Gasteiger partial charge < -0.3 is 30.7 Å². The molecule has 12 heteroatoms. The van der Waals surface area contributed by atoms with Crippen LogP contribution in [-0.4, -0.2) is 47.3 Å². The Labute approximate surface area is 273 Å². The Hall–Kier alpha value is -2.86. The highest BCUT2D eigenvalue weighted by Crippen LogP contribution is 2.29. The molecule has 1 unspecified atom stereocenters. The monoisotopic (exact) mass is 654 g/mol. The molecule has 10 nitrogen and oxygen atoms in total. The van der Waals surface area contributed by atoms with E-state index in [1.807, 2.05) is 27.7 Å². The molecule has 0 radical (unpaired) electrons. The van der Waals surface area contributed by atoms with Crippen LogP contribution in [0.25, 0.3) is 0 Å². The standard InChI is InChI=1S/C32H54N4O6S2/c1-19(2)25(35-29(39)41-31(9,10)11)27(37)33-23(7)43-21(5)17-15-16-18-22(6)44-24(8)34-28(38)26(20(3)4)36-30(40)42-32(12,13)14/h19-20,25-26H,5-8,15-18H2,1-4,9-14H3,(H,33,37)(H,34,38)(H,35,39)(H,36,40)/t25-,26?/m0/s1. The Kier molecular flexibility index (Phi) is 17.6. The molecule has 0 bridgehead atoms. The summed E-state index contributed by atoms with van der Waals surface area (Å²) >= 11 is 2.56. The predicted molar refractivity (Wildman–Crippen MR) is 182 cm³/mol. The van der Waals surface area contributed by atoms with Gasteiger partial charge in [-0.25, -0.2) is 9.59 Å². The van der Waals surface area contributed by atoms with Crippen molar-refractivity contribution in [1.82, 2.24) is 21.3 Å². The summed E-state index contributed by atoms with van der Waals surface area (Å²) in [5.74, 6) is -1.08. The zero-order chi connectivity index (χ0) is 34.4. The highest BCUT2D eigenvalue weighted by molar-refractivity contribution is 8.06. The van der Waals surface area contributed by atoms with Crippen LogP contribution in [0.2, 0.25) is 0 Å². The SMILES string of the molecule is C=C(CCCCC(=C)SC(=C)NC(=O)[C@@H](NC(=O)OC(C)(C)C)C(C)C)SC(=C)NC(=O)C(NC(=O)OC(C)(C)C)C(C)C. The molecule has 0 spiro atoms. The number of hydrogen-bond acceptors (Lipinski definition) is 8. The molecule has 250 valence electrons. The Morgan fingerprint density at radius 1 is 0.614 bits per heavy atom. The number of thioether (sulfide) groups is 2. The molecule has 0 aliphatic heterocycles. The lowest BCUT2D eigenvalue weighted by molar-refractivity contribution is -0.124. The van der Waals surface area contributed by atoms with Crippen LogP contribution < -0.4 is 21.3 Å². The van der Waals surface area contributed by atoms with Crippen molar-refractivity contribution in [2.24, 2.45) is 11.8 Å². The van der Waals surface area contributed by atoms with Crippen LogP contribution in [0.1, 0.15) is 94.9 Å². The molecule has 0 saturated heterocycles. The van der Waals surface area contributed by atoms with Crippen LogP contribution in [0.3, 0.4) is 0 Å². The maximum absolute atomic E-state index is 12.8. The predicted octanol–water partition coefficient (Wildman–Crippen LogP) is 7.31. The molecule has 0 aromatic heterocycles. The number of nitrogens with one attached hydrogen (secondary N) is 4. The van der Waals surface area contributed by atoms with E-state index in [2.05, 4.69) is 47.6 Å². The van der Waals surface area contributed by atoms with Gasteiger partial charge in [0.05, 0.1) is 10.1 Å². The third kappa shape index (κ3) is 19.4. The fraction of sp³-hybridized carbons (Fsp3) is 0.625. The molecule has 0 heterocycles. The van der Waals surface area contributed by atoms with Gasteiger partial charge in [0.25, 0.3) is 0 Å². The van der Waals surface area contributed by atoms with Gasteiger partial charge in [0.15, 0.2) is 0 Å². The number of ether oxygens (including phenoxy) is 2. The fourth-order valence-corrected chi connectivity index (χ4v) is 5.01. The molecule has 44 heavy (non-hydrogen) atoms. The van der Waals surface area contributed by atoms with Gasteiger partial charge in [-0.15, -0.1) is 0 Å². The molecule has 2 atom stereocenters. The van der Waals surface area contributed by atoms with E-state index in [0.717, 1.165) is 22.7 Å². The van der Waals surface area contributed by atoms with Crippen molar-refractivity contribution in [3.8, 4) is 0 Å². The number of allylic oxidation sites excluding steroid dienone is 2. The third-order valence-electron chi connectivity index (χ3n) is 5.46. The summed E-state index contributed by atoms with van der Waals surface area (Å²) in [5.41, 5.74) is -1.35. The average Bonchev–Trinajstić information content (AvgIpc) is 2.80. The van der Waals surface area contributed by atoms with Crippen LogP contribution >= 0.6 is 23.5 Å². The minimum Gasteiger partial charge on any atom is -0.444 e. The van der Waals surface area contributed by atoms with E-state index in [1.54, 1.807) is 41.5 Å². The molecule has 0 aromatic rings. The van der Waals surface area contributed by atoms with Crippen LogP contribution in [0.4, 0.5) is 9.59 Å². The third-order valence-corrected chi connectivity index (χ3v) is 7.15. The fourth-order valence-electron chi connectivity index (χ4n) is 3.52. The number of carbonyl (C=O) groups is 4. The number of unbranched alkanes of at least 4 members (excludes halogenated alkanes) is 1. The summed E-state index contributed by atoms with van der Waals surface area (Å²) in [5, 5.41) is 11.6. The highest BCUT2D eigenvalue weighted by Gasteiger charge is 2.28. The maximum Gasteiger partial charge on any atom is 0.408 e. The molecule has 0 aliphatic carbocycles. The summed E-state index contributed by atoms with van der Waals surface area (Å²) in [6.07, 6.45) is 1.74. The lowest BCUT2D eigenvalue weighted by atomic mass is 10.0. The first-order valence-corrected chi connectivity index (χ1v) is 16.3. The summed E-state index contributed by atoms with van der Waals surface area (Å²) in [6, 6.07) is -1.56. The van der Waals surface area contributed by atoms with Crippen molar-refractivity contribution in [2.75, 3.05) is 0 Å². The van der Waals surface area contributed by atoms with Crippen molar-refractivity contribution in [2.45, 2.75) is 118 Å². The van der Waals surface area contributed by atoms with Crippen LogP contribution in [0, 0.1) is 11.8 Å². The van der Waals surface area contributed by atoms with Crippen molar-refractivity contribution >= 4 is 47.5 Å². The van der Waals surface area contributed by atoms with Crippen LogP contribution in [0.5, 0.6) is 0 Å². The van der Waals surface area contributed by atoms with E-state index in [0.29, 0.717) is 22.9 Å². The zero-order valence-corrected chi connectivity index (χ0v) is 29.9. The van der Waals surface area contributed by atoms with Crippen LogP contribution in [0.15, 0.2) is 46.2 Å². The smallest absolute Gasteiger partial charge is 0.408 e. The highest BCUT2D eigenvalue weighted by atomic mass is 32.2. The lowest BCUT2D eigenvalue weighted by Crippen LogP contribution is -2.50. The Morgan fingerprint density at radius 3 is 1.16 bits per heavy atom. The van der Waals surface area contributed by atoms with E-state index in [9.17, 15) is 19.2 Å². The van der Waals surface area contributed by atoms with Gasteiger partial charge in [-0.1, -0.05) is 77.5 Å². The van der Waals surface area contributed by atoms with Crippen LogP contribution in [-0.2, 0) is 19.1 Å². The summed E-state index contributed by atoms with van der Waals surface area (Å²) in [6.45, 7) is 33.8. The molecule has 0 aromatic carbocycles. The normalized spacial score (nSPS) is 12.9. The van der Waals surface area contributed by atoms with Gasteiger partial charge >= 0.3 is 12.2 Å². The van der Waals surface area contributed by atoms with Gasteiger partial charge in [-0.2, -0.15) is 0 Å². The second kappa shape index (κ2) is 18.8. The average molecular weight is 655 g/mol. The first-order chi connectivity index (χ1) is 20.0. The van der Waals surface area contributed by atoms with Crippen molar-refractivity contribution in [1.29, 1.82) is 0 Å². The number of carbonyl (C=O) groups excluding carboxylic acids is 4. The quantitative estimate of drug-likeness (QED) is 0.120. The van der Waals surface area contributed by atoms with Crippen molar-refractivity contribution in [3.63, 3.8) is 0 Å². The molecular formula is C32H54N4O6S2. The first-order valence-electron chi connectivity index (χ1n) is 14.7. The molecule has 0 fully saturated rings. The molecular weight excluding hydrogens is 601 g/mol. The molecule has 4 N–H and O–H groups in total. The topological polar surface area (TPSA) is 135 Å². The second-order valence-corrected chi connectivity index (χ2v) is 15.6. The van der Waals surface area contributed by atoms with Crippen molar-refractivity contribution in [3.05, 3.63) is 46.2 Å². The number of alkyl carbamates (subject to hydrolysis) is 2. The van der Waals surface area contributed by atoms with E-state index < -0.39 is 35.5 Å². The molecule has 0 aliphatic rings. The van der Waals surface area contributed by atoms with E-state index in [-0.39, 0.29) is 23.7 Å². The zero-order valence-electron chi connectivity index (χ0n) is 28.2. The van der Waals surface area contributed by atoms with E-state index >= 15 is 0 Å². The van der Waals surface area contributed by atoms with Gasteiger partial charge in [0.2, 0.25) is 11.8 Å². The Balaban J connectivity index is 4.57. The van der Waals surface area contributed by atoms with Gasteiger partial charge in [-0.3, -0.25) is 9.59 Å². The molecule has 0 rings (SSSR count). The minimum absolute atomic E-state index is 0.163. The largest absolute Gasteiger partial charge is 0.444 e. The first kappa shape index (κ1) is 41.1. The van der Waals surface area contributed by atoms with E-state index in [4.69, 9.17) is 9.47 Å². The second-order valence-electron chi connectivity index (χ2n) is 13.0. The van der Waals surface area contributed by atoms with E-state index in [1.165, 1.54) is 23.5 Å². The van der Waals surface area contributed by atoms with Gasteiger partial charge in [0, 0.05) is 0 Å². The Bertz CT molecular complexity index is 990. The number of hydrogen-bond donors (Lipinski definition) is 4. The lowest BCUT2D eigenvalue weighted by Gasteiger charge is -2.25. The molecule has 4 amide bonds. The summed E-state index contributed by atoms with van der Waals surface area (Å²) in [4.78, 5) is 51.6. The minimum atomic E-state index is -0.781. The van der Waals surface area contributed by atoms with Gasteiger partial charge in [0.1, 0.15) is 23.3 Å². The number of amides is 4. The summed E-state index contributed by atoms with van der Waals surface area (Å²) in [7, 11) is 0. The van der Waals surface area contributed by atoms with Gasteiger partial charge in [-0.05, 0) is 88.9 Å². The van der Waals surface area contributed by atoms with Crippen molar-refractivity contribution < 1.29 is 28.7 Å².